The molecule has 0 radical (unpaired) electrons. The van der Waals surface area contributed by atoms with Gasteiger partial charge in [-0.25, -0.2) is 4.98 Å². The average Bonchev–Trinajstić information content (AvgIpc) is 2.39. The van der Waals surface area contributed by atoms with E-state index >= 15 is 0 Å². The Morgan fingerprint density at radius 1 is 1.26 bits per heavy atom. The predicted octanol–water partition coefficient (Wildman–Crippen LogP) is 2.57. The third-order valence-corrected chi connectivity index (χ3v) is 2.81. The van der Waals surface area contributed by atoms with E-state index in [-0.39, 0.29) is 0 Å². The molecule has 1 heterocycles. The van der Waals surface area contributed by atoms with Crippen LogP contribution in [-0.4, -0.2) is 24.1 Å². The average molecular weight is 273 g/mol. The highest BCUT2D eigenvalue weighted by Crippen LogP contribution is 2.24. The number of nitrogens with two attached hydrogens (primary N) is 1. The molecule has 0 bridgehead atoms. The van der Waals surface area contributed by atoms with Crippen molar-refractivity contribution < 1.29 is 4.74 Å². The molecule has 19 heavy (non-hydrogen) atoms. The summed E-state index contributed by atoms with van der Waals surface area (Å²) in [5.74, 6) is 1.19. The molecule has 0 aliphatic rings. The summed E-state index contributed by atoms with van der Waals surface area (Å²) in [6.45, 7) is 0. The molecule has 0 amide bonds. The largest absolute Gasteiger partial charge is 0.439 e. The molecule has 0 fully saturated rings. The molecule has 0 aliphatic carbocycles. The highest BCUT2D eigenvalue weighted by molar-refractivity contribution is 7.80. The molecule has 2 N–H and O–H groups in total. The third kappa shape index (κ3) is 3.42. The van der Waals surface area contributed by atoms with Crippen LogP contribution in [0.25, 0.3) is 0 Å². The highest BCUT2D eigenvalue weighted by atomic mass is 32.1. The summed E-state index contributed by atoms with van der Waals surface area (Å²) in [7, 11) is 3.95. The fraction of sp³-hybridized carbons (Fsp3) is 0.143. The summed E-state index contributed by atoms with van der Waals surface area (Å²) in [4.78, 5) is 6.47. The number of benzene rings is 1. The van der Waals surface area contributed by atoms with Crippen molar-refractivity contribution in [3.8, 4) is 11.6 Å². The maximum absolute atomic E-state index is 5.71. The molecule has 98 valence electrons. The van der Waals surface area contributed by atoms with Crippen molar-refractivity contribution in [3.05, 3.63) is 48.2 Å². The van der Waals surface area contributed by atoms with Gasteiger partial charge in [0, 0.05) is 43.7 Å². The Balaban J connectivity index is 2.23. The smallest absolute Gasteiger partial charge is 0.219 e. The van der Waals surface area contributed by atoms with Gasteiger partial charge in [0.25, 0.3) is 0 Å². The van der Waals surface area contributed by atoms with Crippen LogP contribution < -0.4 is 15.4 Å². The summed E-state index contributed by atoms with van der Waals surface area (Å²) in [6.07, 6.45) is 1.62. The lowest BCUT2D eigenvalue weighted by Crippen LogP contribution is -2.09. The molecule has 0 saturated heterocycles. The van der Waals surface area contributed by atoms with Crippen molar-refractivity contribution in [2.45, 2.75) is 0 Å². The fourth-order valence-electron chi connectivity index (χ4n) is 1.56. The first-order chi connectivity index (χ1) is 9.06. The number of hydrogen-bond acceptors (Lipinski definition) is 4. The summed E-state index contributed by atoms with van der Waals surface area (Å²) in [5.41, 5.74) is 7.38. The Kier molecular flexibility index (Phi) is 3.97. The Morgan fingerprint density at radius 2 is 2.05 bits per heavy atom. The Bertz CT molecular complexity index is 599. The minimum atomic E-state index is 0.328. The van der Waals surface area contributed by atoms with Gasteiger partial charge in [-0.3, -0.25) is 0 Å². The van der Waals surface area contributed by atoms with Crippen LogP contribution in [0.2, 0.25) is 0 Å². The molecule has 5 heteroatoms. The van der Waals surface area contributed by atoms with Gasteiger partial charge in [-0.1, -0.05) is 18.3 Å². The minimum absolute atomic E-state index is 0.328. The quantitative estimate of drug-likeness (QED) is 0.868. The van der Waals surface area contributed by atoms with Crippen LogP contribution in [0.3, 0.4) is 0 Å². The monoisotopic (exact) mass is 273 g/mol. The number of nitrogens with zero attached hydrogens (tertiary/aromatic N) is 2. The summed E-state index contributed by atoms with van der Waals surface area (Å²) in [5, 5.41) is 0. The maximum atomic E-state index is 5.71. The molecule has 0 unspecified atom stereocenters. The van der Waals surface area contributed by atoms with Crippen molar-refractivity contribution in [3.63, 3.8) is 0 Å². The zero-order valence-electron chi connectivity index (χ0n) is 10.8. The van der Waals surface area contributed by atoms with Crippen LogP contribution in [0.4, 0.5) is 5.69 Å². The van der Waals surface area contributed by atoms with Gasteiger partial charge in [0.05, 0.1) is 0 Å². The summed E-state index contributed by atoms with van der Waals surface area (Å²) < 4.78 is 5.71. The normalized spacial score (nSPS) is 10.0. The van der Waals surface area contributed by atoms with Crippen LogP contribution in [0.5, 0.6) is 11.6 Å². The van der Waals surface area contributed by atoms with Gasteiger partial charge in [-0.15, -0.1) is 0 Å². The molecule has 0 atom stereocenters. The second-order valence-corrected chi connectivity index (χ2v) is 4.68. The predicted molar refractivity (Wildman–Crippen MR) is 81.0 cm³/mol. The van der Waals surface area contributed by atoms with E-state index in [2.05, 4.69) is 4.98 Å². The molecule has 0 aliphatic heterocycles. The molecule has 4 nitrogen and oxygen atoms in total. The van der Waals surface area contributed by atoms with E-state index < -0.39 is 0 Å². The van der Waals surface area contributed by atoms with E-state index in [4.69, 9.17) is 22.7 Å². The minimum Gasteiger partial charge on any atom is -0.439 e. The van der Waals surface area contributed by atoms with Gasteiger partial charge in [-0.05, 0) is 18.2 Å². The summed E-state index contributed by atoms with van der Waals surface area (Å²) in [6, 6.07) is 11.2. The molecule has 2 rings (SSSR count). The number of pyridine rings is 1. The molecule has 1 aromatic heterocycles. The molecule has 0 spiro atoms. The van der Waals surface area contributed by atoms with Crippen LogP contribution in [-0.2, 0) is 0 Å². The summed E-state index contributed by atoms with van der Waals surface area (Å²) >= 11 is 4.93. The lowest BCUT2D eigenvalue weighted by Gasteiger charge is -2.13. The third-order valence-electron chi connectivity index (χ3n) is 2.58. The zero-order valence-corrected chi connectivity index (χ0v) is 11.6. The maximum Gasteiger partial charge on any atom is 0.219 e. The Labute approximate surface area is 117 Å². The Morgan fingerprint density at radius 3 is 2.74 bits per heavy atom. The number of rotatable bonds is 4. The first kappa shape index (κ1) is 13.3. The van der Waals surface area contributed by atoms with E-state index in [0.717, 1.165) is 17.0 Å². The van der Waals surface area contributed by atoms with Crippen LogP contribution in [0, 0.1) is 0 Å². The van der Waals surface area contributed by atoms with E-state index in [0.29, 0.717) is 10.9 Å². The second-order valence-electron chi connectivity index (χ2n) is 4.24. The van der Waals surface area contributed by atoms with Gasteiger partial charge in [-0.2, -0.15) is 0 Å². The van der Waals surface area contributed by atoms with Crippen molar-refractivity contribution in [2.75, 3.05) is 19.0 Å². The molecular weight excluding hydrogens is 258 g/mol. The zero-order chi connectivity index (χ0) is 13.8. The van der Waals surface area contributed by atoms with Crippen molar-refractivity contribution in [2.24, 2.45) is 5.73 Å². The highest BCUT2D eigenvalue weighted by Gasteiger charge is 2.03. The van der Waals surface area contributed by atoms with Crippen molar-refractivity contribution in [1.29, 1.82) is 0 Å². The fourth-order valence-corrected chi connectivity index (χ4v) is 1.69. The SMILES string of the molecule is CN(C)c1cccc(Oc2cc(C(N)=S)ccn2)c1. The van der Waals surface area contributed by atoms with Gasteiger partial charge < -0.3 is 15.4 Å². The van der Waals surface area contributed by atoms with E-state index in [1.54, 1.807) is 18.3 Å². The Hall–Kier alpha value is -2.14. The van der Waals surface area contributed by atoms with E-state index in [9.17, 15) is 0 Å². The topological polar surface area (TPSA) is 51.4 Å². The lowest BCUT2D eigenvalue weighted by molar-refractivity contribution is 0.463. The van der Waals surface area contributed by atoms with Crippen molar-refractivity contribution >= 4 is 22.9 Å². The lowest BCUT2D eigenvalue weighted by atomic mass is 10.2. The van der Waals surface area contributed by atoms with Gasteiger partial charge in [0.1, 0.15) is 10.7 Å². The standard InChI is InChI=1S/C14H15N3OS/c1-17(2)11-4-3-5-12(9-11)18-13-8-10(14(15)19)6-7-16-13/h3-9H,1-2H3,(H2,15,19). The molecule has 2 aromatic rings. The van der Waals surface area contributed by atoms with E-state index in [1.165, 1.54) is 0 Å². The molecule has 0 saturated carbocycles. The second kappa shape index (κ2) is 5.67. The van der Waals surface area contributed by atoms with Gasteiger partial charge in [0.15, 0.2) is 0 Å². The van der Waals surface area contributed by atoms with Crippen LogP contribution in [0.1, 0.15) is 5.56 Å². The number of aromatic nitrogens is 1. The van der Waals surface area contributed by atoms with E-state index in [1.807, 2.05) is 43.3 Å². The number of thiocarbonyl (C=S) groups is 1. The number of hydrogen-bond donors (Lipinski definition) is 1. The first-order valence-corrected chi connectivity index (χ1v) is 6.18. The van der Waals surface area contributed by atoms with Crippen LogP contribution in [0.15, 0.2) is 42.6 Å². The first-order valence-electron chi connectivity index (χ1n) is 5.77. The van der Waals surface area contributed by atoms with Crippen molar-refractivity contribution in [1.82, 2.24) is 4.98 Å². The van der Waals surface area contributed by atoms with Crippen LogP contribution >= 0.6 is 12.2 Å². The van der Waals surface area contributed by atoms with Gasteiger partial charge in [0.2, 0.25) is 5.88 Å². The molecule has 1 aromatic carbocycles. The number of ether oxygens (including phenoxy) is 1. The number of anilines is 1. The van der Waals surface area contributed by atoms with Gasteiger partial charge >= 0.3 is 0 Å². The molecular formula is C14H15N3OS.